The van der Waals surface area contributed by atoms with Crippen molar-refractivity contribution in [2.75, 3.05) is 5.75 Å². The fourth-order valence-corrected chi connectivity index (χ4v) is 5.36. The van der Waals surface area contributed by atoms with Crippen molar-refractivity contribution in [3.05, 3.63) is 53.3 Å². The number of pyridine rings is 1. The molecule has 0 unspecified atom stereocenters. The van der Waals surface area contributed by atoms with Crippen LogP contribution in [0.2, 0.25) is 0 Å². The van der Waals surface area contributed by atoms with E-state index in [4.69, 9.17) is 0 Å². The number of unbranched alkanes of at least 4 members (excludes halogenated alkanes) is 3. The lowest BCUT2D eigenvalue weighted by Gasteiger charge is -2.08. The molecule has 30 heavy (non-hydrogen) atoms. The van der Waals surface area contributed by atoms with Crippen LogP contribution in [0.15, 0.2) is 36.5 Å². The van der Waals surface area contributed by atoms with Crippen LogP contribution in [0.3, 0.4) is 0 Å². The molecule has 3 aromatic rings. The van der Waals surface area contributed by atoms with E-state index in [0.717, 1.165) is 34.9 Å². The van der Waals surface area contributed by atoms with Crippen molar-refractivity contribution < 1.29 is 30.1 Å². The Kier molecular flexibility index (Phi) is 9.37. The summed E-state index contributed by atoms with van der Waals surface area (Å²) in [5.74, 6) is 2.46. The minimum absolute atomic E-state index is 0. The number of aromatic amines is 1. The topological polar surface area (TPSA) is 32.6 Å². The molecule has 3 nitrogen and oxygen atoms in total. The van der Waals surface area contributed by atoms with E-state index < -0.39 is 11.7 Å². The number of aromatic nitrogens is 3. The molecule has 2 aromatic heterocycles. The molecular formula is C21H25ClF3N3S2. The lowest BCUT2D eigenvalue weighted by atomic mass is 10.2. The molecule has 0 saturated carbocycles. The van der Waals surface area contributed by atoms with E-state index in [1.165, 1.54) is 31.7 Å². The number of imidazole rings is 1. The Morgan fingerprint density at radius 1 is 1.10 bits per heavy atom. The molecule has 0 aliphatic heterocycles. The maximum Gasteiger partial charge on any atom is 0.416 e. The van der Waals surface area contributed by atoms with E-state index in [0.29, 0.717) is 17.0 Å². The molecule has 0 aliphatic rings. The minimum Gasteiger partial charge on any atom is -1.00 e. The van der Waals surface area contributed by atoms with Gasteiger partial charge in [0.15, 0.2) is 5.52 Å². The Morgan fingerprint density at radius 3 is 2.63 bits per heavy atom. The van der Waals surface area contributed by atoms with Crippen LogP contribution in [0.5, 0.6) is 0 Å². The zero-order chi connectivity index (χ0) is 20.9. The van der Waals surface area contributed by atoms with Gasteiger partial charge in [-0.2, -0.15) is 13.2 Å². The number of nitrogens with zero attached hydrogens (tertiary/aromatic N) is 2. The molecule has 2 heterocycles. The standard InChI is InChI=1S/C21H25F3N3S2.ClH/c1-3-4-5-6-12-28-29-14-19-15(2)8-7-11-27(19)20-25-17-10-9-16(21(22,23)24)13-18(17)26-20;/h7-11,13H,3-6,12,14H2,1-2H3,(H,25,26);1H/q+1;/p-1. The summed E-state index contributed by atoms with van der Waals surface area (Å²) in [4.78, 5) is 7.56. The van der Waals surface area contributed by atoms with Crippen molar-refractivity contribution in [1.82, 2.24) is 9.97 Å². The number of rotatable bonds is 9. The summed E-state index contributed by atoms with van der Waals surface area (Å²) < 4.78 is 40.9. The second-order valence-corrected chi connectivity index (χ2v) is 9.53. The van der Waals surface area contributed by atoms with Gasteiger partial charge in [-0.05, 0) is 43.2 Å². The Hall–Kier alpha value is -1.38. The molecule has 0 atom stereocenters. The summed E-state index contributed by atoms with van der Waals surface area (Å²) >= 11 is 0. The summed E-state index contributed by atoms with van der Waals surface area (Å²) in [6.45, 7) is 4.25. The van der Waals surface area contributed by atoms with Gasteiger partial charge in [-0.15, -0.1) is 0 Å². The largest absolute Gasteiger partial charge is 1.00 e. The molecule has 0 bridgehead atoms. The van der Waals surface area contributed by atoms with Gasteiger partial charge in [0.1, 0.15) is 5.52 Å². The van der Waals surface area contributed by atoms with Crippen molar-refractivity contribution >= 4 is 32.6 Å². The zero-order valence-corrected chi connectivity index (χ0v) is 19.3. The van der Waals surface area contributed by atoms with Crippen molar-refractivity contribution in [2.45, 2.75) is 51.5 Å². The highest BCUT2D eigenvalue weighted by Crippen LogP contribution is 2.31. The van der Waals surface area contributed by atoms with Gasteiger partial charge >= 0.3 is 12.1 Å². The lowest BCUT2D eigenvalue weighted by molar-refractivity contribution is -0.610. The zero-order valence-electron chi connectivity index (χ0n) is 16.9. The average molecular weight is 476 g/mol. The van der Waals surface area contributed by atoms with E-state index in [2.05, 4.69) is 16.9 Å². The Balaban J connectivity index is 0.00000320. The predicted molar refractivity (Wildman–Crippen MR) is 115 cm³/mol. The first-order chi connectivity index (χ1) is 13.9. The SMILES string of the molecule is CCCCCCSSCc1c(C)ccc[n+]1-c1nc2ccc(C(F)(F)F)cc2[nH]1.[Cl-]. The highest BCUT2D eigenvalue weighted by molar-refractivity contribution is 8.76. The van der Waals surface area contributed by atoms with Crippen LogP contribution >= 0.6 is 21.6 Å². The molecule has 9 heteroatoms. The maximum atomic E-state index is 13.0. The molecule has 0 saturated heterocycles. The second-order valence-electron chi connectivity index (χ2n) is 6.94. The number of benzene rings is 1. The fourth-order valence-electron chi connectivity index (χ4n) is 3.06. The number of nitrogens with one attached hydrogen (secondary N) is 1. The van der Waals surface area contributed by atoms with Crippen LogP contribution in [-0.4, -0.2) is 15.7 Å². The van der Waals surface area contributed by atoms with Gasteiger partial charge in [0, 0.05) is 5.75 Å². The van der Waals surface area contributed by atoms with Gasteiger partial charge in [-0.25, -0.2) is 9.55 Å². The summed E-state index contributed by atoms with van der Waals surface area (Å²) in [5, 5.41) is 0. The second kappa shape index (κ2) is 11.3. The normalized spacial score (nSPS) is 11.6. The van der Waals surface area contributed by atoms with Crippen LogP contribution in [0.1, 0.15) is 49.4 Å². The highest BCUT2D eigenvalue weighted by atomic mass is 35.5. The lowest BCUT2D eigenvalue weighted by Crippen LogP contribution is -3.00. The Bertz CT molecular complexity index is 960. The van der Waals surface area contributed by atoms with E-state index in [1.54, 1.807) is 10.8 Å². The first-order valence-electron chi connectivity index (χ1n) is 9.72. The number of halogens is 4. The summed E-state index contributed by atoms with van der Waals surface area (Å²) in [5.41, 5.74) is 2.44. The molecular weight excluding hydrogens is 451 g/mol. The van der Waals surface area contributed by atoms with Crippen molar-refractivity contribution in [1.29, 1.82) is 0 Å². The molecule has 164 valence electrons. The molecule has 0 radical (unpaired) electrons. The first-order valence-corrected chi connectivity index (χ1v) is 12.2. The Morgan fingerprint density at radius 2 is 1.90 bits per heavy atom. The van der Waals surface area contributed by atoms with Gasteiger partial charge in [-0.3, -0.25) is 0 Å². The number of aryl methyl sites for hydroxylation is 1. The van der Waals surface area contributed by atoms with Gasteiger partial charge in [0.05, 0.1) is 23.2 Å². The number of hydrogen-bond donors (Lipinski definition) is 1. The van der Waals surface area contributed by atoms with Crippen molar-refractivity contribution in [2.24, 2.45) is 0 Å². The molecule has 0 amide bonds. The summed E-state index contributed by atoms with van der Waals surface area (Å²) in [7, 11) is 3.67. The van der Waals surface area contributed by atoms with Crippen LogP contribution in [-0.2, 0) is 11.9 Å². The number of hydrogen-bond acceptors (Lipinski definition) is 3. The highest BCUT2D eigenvalue weighted by Gasteiger charge is 2.31. The Labute approximate surface area is 189 Å². The third-order valence-electron chi connectivity index (χ3n) is 4.71. The summed E-state index contributed by atoms with van der Waals surface area (Å²) in [6.07, 6.45) is 2.55. The molecule has 0 spiro atoms. The van der Waals surface area contributed by atoms with Crippen molar-refractivity contribution in [3.8, 4) is 5.95 Å². The third kappa shape index (κ3) is 6.31. The average Bonchev–Trinajstić information content (AvgIpc) is 3.10. The first kappa shape index (κ1) is 24.9. The van der Waals surface area contributed by atoms with Crippen LogP contribution in [0.25, 0.3) is 17.0 Å². The molecule has 0 aliphatic carbocycles. The van der Waals surface area contributed by atoms with E-state index in [1.807, 2.05) is 40.6 Å². The fraction of sp³-hybridized carbons (Fsp3) is 0.429. The number of fused-ring (bicyclic) bond motifs is 1. The molecule has 1 N–H and O–H groups in total. The molecule has 3 rings (SSSR count). The van der Waals surface area contributed by atoms with Gasteiger partial charge in [0.2, 0.25) is 0 Å². The van der Waals surface area contributed by atoms with E-state index >= 15 is 0 Å². The maximum absolute atomic E-state index is 13.0. The minimum atomic E-state index is -4.37. The van der Waals surface area contributed by atoms with Gasteiger partial charge < -0.3 is 12.4 Å². The third-order valence-corrected chi connectivity index (χ3v) is 7.08. The van der Waals surface area contributed by atoms with E-state index in [9.17, 15) is 13.2 Å². The quantitative estimate of drug-likeness (QED) is 0.291. The number of alkyl halides is 3. The molecule has 0 fully saturated rings. The van der Waals surface area contributed by atoms with E-state index in [-0.39, 0.29) is 12.4 Å². The monoisotopic (exact) mass is 475 g/mol. The number of H-pyrrole nitrogens is 1. The molecule has 1 aromatic carbocycles. The van der Waals surface area contributed by atoms with Crippen LogP contribution < -0.4 is 17.0 Å². The summed E-state index contributed by atoms with van der Waals surface area (Å²) in [6, 6.07) is 7.57. The smallest absolute Gasteiger partial charge is 0.416 e. The van der Waals surface area contributed by atoms with Gasteiger partial charge in [0.25, 0.3) is 0 Å². The van der Waals surface area contributed by atoms with Crippen LogP contribution in [0, 0.1) is 6.92 Å². The van der Waals surface area contributed by atoms with Crippen molar-refractivity contribution in [3.63, 3.8) is 0 Å². The van der Waals surface area contributed by atoms with Gasteiger partial charge in [-0.1, -0.05) is 58.8 Å². The predicted octanol–water partition coefficient (Wildman–Crippen LogP) is 3.63. The van der Waals surface area contributed by atoms with Crippen LogP contribution in [0.4, 0.5) is 13.2 Å².